The number of aromatic nitrogens is 1. The number of rotatable bonds is 5. The molecule has 2 aromatic rings. The topological polar surface area (TPSA) is 63.4 Å². The molecule has 0 fully saturated rings. The summed E-state index contributed by atoms with van der Waals surface area (Å²) in [6.07, 6.45) is 1.30. The first kappa shape index (κ1) is 17.7. The molecule has 8 heteroatoms. The fourth-order valence-electron chi connectivity index (χ4n) is 2.35. The van der Waals surface area contributed by atoms with Crippen molar-refractivity contribution in [3.05, 3.63) is 51.7 Å². The molecular formula is C17H15AsF2N2O3. The number of hydrogen-bond acceptors (Lipinski definition) is 5. The van der Waals surface area contributed by atoms with E-state index in [1.807, 2.05) is 19.0 Å². The molecule has 25 heavy (non-hydrogen) atoms. The Bertz CT molecular complexity index is 890. The summed E-state index contributed by atoms with van der Waals surface area (Å²) in [6.45, 7) is 0.821. The van der Waals surface area contributed by atoms with E-state index in [1.165, 1.54) is 6.08 Å². The zero-order valence-electron chi connectivity index (χ0n) is 13.6. The van der Waals surface area contributed by atoms with Crippen molar-refractivity contribution in [3.8, 4) is 11.5 Å². The molecule has 1 atom stereocenters. The first-order chi connectivity index (χ1) is 11.9. The number of carbonyl (C=O) groups is 2. The van der Waals surface area contributed by atoms with Crippen LogP contribution in [0.2, 0.25) is 5.21 Å². The monoisotopic (exact) mass is 408 g/mol. The van der Waals surface area contributed by atoms with Gasteiger partial charge in [-0.15, -0.1) is 0 Å². The number of oxazole rings is 1. The van der Waals surface area contributed by atoms with Crippen molar-refractivity contribution in [2.75, 3.05) is 20.6 Å². The molecule has 3 rings (SSSR count). The van der Waals surface area contributed by atoms with Crippen LogP contribution >= 0.6 is 0 Å². The van der Waals surface area contributed by atoms with E-state index in [9.17, 15) is 18.4 Å². The summed E-state index contributed by atoms with van der Waals surface area (Å²) in [7, 11) is 3.87. The van der Waals surface area contributed by atoms with Crippen molar-refractivity contribution < 1.29 is 22.8 Å². The molecule has 0 saturated heterocycles. The minimum absolute atomic E-state index is 0.147. The average Bonchev–Trinajstić information content (AvgIpc) is 3.00. The number of Topliss-reactive ketones (excluding diaryl/α,β-unsaturated/α-hetero) is 1. The van der Waals surface area contributed by atoms with E-state index < -0.39 is 33.2 Å². The predicted molar refractivity (Wildman–Crippen MR) is 89.1 cm³/mol. The van der Waals surface area contributed by atoms with E-state index in [4.69, 9.17) is 4.42 Å². The van der Waals surface area contributed by atoms with Gasteiger partial charge in [-0.3, -0.25) is 0 Å². The van der Waals surface area contributed by atoms with Gasteiger partial charge in [-0.25, -0.2) is 0 Å². The van der Waals surface area contributed by atoms with Crippen molar-refractivity contribution in [1.82, 2.24) is 9.88 Å². The van der Waals surface area contributed by atoms with Crippen LogP contribution in [0.25, 0.3) is 11.5 Å². The zero-order valence-corrected chi connectivity index (χ0v) is 15.7. The second-order valence-corrected chi connectivity index (χ2v) is 8.72. The Kier molecular flexibility index (Phi) is 4.97. The summed E-state index contributed by atoms with van der Waals surface area (Å²) >= 11 is -0.801. The van der Waals surface area contributed by atoms with Gasteiger partial charge in [0, 0.05) is 0 Å². The number of hydrogen-bond donors (Lipinski definition) is 0. The van der Waals surface area contributed by atoms with Crippen molar-refractivity contribution >= 4 is 27.3 Å². The molecule has 1 unspecified atom stereocenters. The predicted octanol–water partition coefficient (Wildman–Crippen LogP) is 2.30. The zero-order chi connectivity index (χ0) is 18.1. The van der Waals surface area contributed by atoms with E-state index in [2.05, 4.69) is 4.98 Å². The van der Waals surface area contributed by atoms with Gasteiger partial charge in [-0.05, 0) is 0 Å². The Labute approximate surface area is 149 Å². The number of benzene rings is 1. The van der Waals surface area contributed by atoms with Gasteiger partial charge >= 0.3 is 149 Å². The van der Waals surface area contributed by atoms with Crippen molar-refractivity contribution in [1.29, 1.82) is 0 Å². The molecule has 130 valence electrons. The molecule has 0 spiro atoms. The van der Waals surface area contributed by atoms with E-state index in [-0.39, 0.29) is 28.7 Å². The molecule has 1 aliphatic rings. The second-order valence-electron chi connectivity index (χ2n) is 5.80. The number of nitrogens with zero attached hydrogens (tertiary/aromatic N) is 2. The second kappa shape index (κ2) is 7.02. The third-order valence-electron chi connectivity index (χ3n) is 3.62. The van der Waals surface area contributed by atoms with Gasteiger partial charge in [-0.2, -0.15) is 0 Å². The first-order valence-corrected chi connectivity index (χ1v) is 10.1. The van der Waals surface area contributed by atoms with Gasteiger partial charge < -0.3 is 0 Å². The summed E-state index contributed by atoms with van der Waals surface area (Å²) in [6, 6.07) is 2.82. The Hall–Kier alpha value is -2.11. The van der Waals surface area contributed by atoms with E-state index >= 15 is 0 Å². The molecule has 1 aromatic carbocycles. The maximum atomic E-state index is 13.9. The van der Waals surface area contributed by atoms with Crippen LogP contribution < -0.4 is 0 Å². The van der Waals surface area contributed by atoms with Crippen LogP contribution in [0, 0.1) is 11.6 Å². The summed E-state index contributed by atoms with van der Waals surface area (Å²) in [5.74, 6) is -2.69. The molecule has 0 N–H and O–H groups in total. The van der Waals surface area contributed by atoms with Crippen LogP contribution in [0.5, 0.6) is 0 Å². The van der Waals surface area contributed by atoms with Gasteiger partial charge in [-0.1, -0.05) is 0 Å². The Balaban J connectivity index is 1.91. The molecule has 0 saturated carbocycles. The fourth-order valence-corrected chi connectivity index (χ4v) is 5.15. The SMILES string of the molecule is CN(C)CC[AsH]C1=CC(=O)c2nc(-c3cc(F)ccc3F)oc2C1=O. The van der Waals surface area contributed by atoms with Crippen molar-refractivity contribution in [3.63, 3.8) is 0 Å². The van der Waals surface area contributed by atoms with Gasteiger partial charge in [0.25, 0.3) is 0 Å². The number of ketones is 2. The molecular weight excluding hydrogens is 393 g/mol. The fraction of sp³-hybridized carbons (Fsp3) is 0.235. The average molecular weight is 408 g/mol. The third-order valence-corrected chi connectivity index (χ3v) is 6.19. The van der Waals surface area contributed by atoms with Gasteiger partial charge in [0.05, 0.1) is 0 Å². The van der Waals surface area contributed by atoms with Crippen LogP contribution in [-0.2, 0) is 0 Å². The van der Waals surface area contributed by atoms with Crippen molar-refractivity contribution in [2.24, 2.45) is 0 Å². The molecule has 5 nitrogen and oxygen atoms in total. The molecule has 0 bridgehead atoms. The number of allylic oxidation sites excluding steroid dienone is 2. The summed E-state index contributed by atoms with van der Waals surface area (Å²) in [4.78, 5) is 30.7. The summed E-state index contributed by atoms with van der Waals surface area (Å²) in [5, 5.41) is 0.826. The molecule has 0 aliphatic heterocycles. The standard InChI is InChI=1S/C17H15AsF2N2O3/c1-22(2)6-5-18-11-8-13(23)14-16(15(11)24)25-17(21-14)10-7-9(19)3-4-12(10)20/h3-4,7-8,18H,5-6H2,1-2H3. The van der Waals surface area contributed by atoms with E-state index in [0.717, 1.165) is 30.0 Å². The first-order valence-electron chi connectivity index (χ1n) is 7.52. The Morgan fingerprint density at radius 1 is 1.24 bits per heavy atom. The van der Waals surface area contributed by atoms with Crippen molar-refractivity contribution in [2.45, 2.75) is 5.21 Å². The maximum absolute atomic E-state index is 13.9. The normalized spacial score (nSPS) is 14.5. The molecule has 1 aliphatic carbocycles. The van der Waals surface area contributed by atoms with Gasteiger partial charge in [0.2, 0.25) is 0 Å². The molecule has 1 aromatic heterocycles. The van der Waals surface area contributed by atoms with Gasteiger partial charge in [0.15, 0.2) is 0 Å². The summed E-state index contributed by atoms with van der Waals surface area (Å²) < 4.78 is 33.1. The number of carbonyl (C=O) groups excluding carboxylic acids is 2. The Morgan fingerprint density at radius 2 is 2.00 bits per heavy atom. The van der Waals surface area contributed by atoms with Gasteiger partial charge in [0.1, 0.15) is 0 Å². The van der Waals surface area contributed by atoms with Crippen LogP contribution in [0.3, 0.4) is 0 Å². The molecule has 1 heterocycles. The van der Waals surface area contributed by atoms with Crippen LogP contribution in [-0.4, -0.2) is 57.8 Å². The van der Waals surface area contributed by atoms with Crippen LogP contribution in [0.15, 0.2) is 33.1 Å². The summed E-state index contributed by atoms with van der Waals surface area (Å²) in [5.41, 5.74) is -0.369. The van der Waals surface area contributed by atoms with E-state index in [1.54, 1.807) is 0 Å². The van der Waals surface area contributed by atoms with Crippen LogP contribution in [0.4, 0.5) is 8.78 Å². The van der Waals surface area contributed by atoms with E-state index in [0.29, 0.717) is 4.36 Å². The molecule has 0 amide bonds. The van der Waals surface area contributed by atoms with Crippen LogP contribution in [0.1, 0.15) is 21.0 Å². The number of fused-ring (bicyclic) bond motifs is 1. The molecule has 0 radical (unpaired) electrons. The minimum atomic E-state index is -0.801. The third kappa shape index (κ3) is 3.62. The Morgan fingerprint density at radius 3 is 2.72 bits per heavy atom. The quantitative estimate of drug-likeness (QED) is 0.711. The number of halogens is 2.